The molecule has 0 aromatic heterocycles. The van der Waals surface area contributed by atoms with Gasteiger partial charge < -0.3 is 9.47 Å². The Hall–Kier alpha value is -0.890. The number of halogens is 1. The fraction of sp³-hybridized carbons (Fsp3) is 0.600. The summed E-state index contributed by atoms with van der Waals surface area (Å²) in [4.78, 5) is 0. The average molecular weight is 271 g/mol. The zero-order valence-electron chi connectivity index (χ0n) is 11.5. The maximum Gasteiger partial charge on any atom is 0.123 e. The molecule has 0 radical (unpaired) electrons. The lowest BCUT2D eigenvalue weighted by Crippen LogP contribution is -1.97. The van der Waals surface area contributed by atoms with Crippen LogP contribution in [0.1, 0.15) is 50.0 Å². The Morgan fingerprint density at radius 3 is 2.50 bits per heavy atom. The molecule has 1 unspecified atom stereocenters. The van der Waals surface area contributed by atoms with Crippen LogP contribution in [0.3, 0.4) is 0 Å². The van der Waals surface area contributed by atoms with Crippen LogP contribution in [0.15, 0.2) is 18.2 Å². The molecule has 0 spiro atoms. The Kier molecular flexibility index (Phi) is 6.96. The summed E-state index contributed by atoms with van der Waals surface area (Å²) in [6.45, 7) is 2.21. The fourth-order valence-corrected chi connectivity index (χ4v) is 2.31. The molecule has 0 aliphatic carbocycles. The molecule has 0 fully saturated rings. The monoisotopic (exact) mass is 270 g/mol. The quantitative estimate of drug-likeness (QED) is 0.491. The normalized spacial score (nSPS) is 12.2. The number of alkyl halides is 1. The maximum absolute atomic E-state index is 6.46. The second-order valence-electron chi connectivity index (χ2n) is 4.42. The van der Waals surface area contributed by atoms with Crippen molar-refractivity contribution in [3.63, 3.8) is 0 Å². The van der Waals surface area contributed by atoms with Crippen LogP contribution in [0, 0.1) is 0 Å². The number of unbranched alkanes of at least 4 members (excludes halogenated alkanes) is 3. The lowest BCUT2D eigenvalue weighted by atomic mass is 10.0. The molecule has 3 heteroatoms. The third-order valence-corrected chi connectivity index (χ3v) is 3.54. The Balaban J connectivity index is 2.66. The summed E-state index contributed by atoms with van der Waals surface area (Å²) in [5, 5.41) is -0.00749. The summed E-state index contributed by atoms with van der Waals surface area (Å²) in [7, 11) is 3.34. The highest BCUT2D eigenvalue weighted by atomic mass is 35.5. The van der Waals surface area contributed by atoms with E-state index in [1.54, 1.807) is 14.2 Å². The van der Waals surface area contributed by atoms with Gasteiger partial charge in [-0.1, -0.05) is 32.6 Å². The highest BCUT2D eigenvalue weighted by Gasteiger charge is 2.14. The largest absolute Gasteiger partial charge is 0.497 e. The van der Waals surface area contributed by atoms with E-state index in [1.807, 2.05) is 18.2 Å². The van der Waals surface area contributed by atoms with E-state index in [-0.39, 0.29) is 5.38 Å². The zero-order valence-corrected chi connectivity index (χ0v) is 12.3. The Bertz CT molecular complexity index is 352. The fourth-order valence-electron chi connectivity index (χ4n) is 1.99. The summed E-state index contributed by atoms with van der Waals surface area (Å²) in [5.74, 6) is 1.66. The number of hydrogen-bond acceptors (Lipinski definition) is 2. The molecular formula is C15H23ClO2. The van der Waals surface area contributed by atoms with Crippen LogP contribution in [0.5, 0.6) is 11.5 Å². The first-order chi connectivity index (χ1) is 8.72. The summed E-state index contributed by atoms with van der Waals surface area (Å²) < 4.78 is 10.6. The van der Waals surface area contributed by atoms with Crippen molar-refractivity contribution in [1.29, 1.82) is 0 Å². The molecule has 1 rings (SSSR count). The number of benzene rings is 1. The number of methoxy groups -OCH3 is 2. The van der Waals surface area contributed by atoms with Gasteiger partial charge in [0.15, 0.2) is 0 Å². The average Bonchev–Trinajstić information content (AvgIpc) is 2.42. The van der Waals surface area contributed by atoms with Crippen molar-refractivity contribution in [3.05, 3.63) is 23.8 Å². The van der Waals surface area contributed by atoms with Crippen LogP contribution >= 0.6 is 11.6 Å². The lowest BCUT2D eigenvalue weighted by molar-refractivity contribution is 0.397. The molecule has 0 N–H and O–H groups in total. The molecule has 102 valence electrons. The maximum atomic E-state index is 6.46. The zero-order chi connectivity index (χ0) is 13.4. The summed E-state index contributed by atoms with van der Waals surface area (Å²) in [5.41, 5.74) is 1.02. The van der Waals surface area contributed by atoms with Crippen molar-refractivity contribution >= 4 is 11.6 Å². The van der Waals surface area contributed by atoms with E-state index in [4.69, 9.17) is 21.1 Å². The Morgan fingerprint density at radius 2 is 1.89 bits per heavy atom. The van der Waals surface area contributed by atoms with E-state index in [0.717, 1.165) is 29.9 Å². The number of hydrogen-bond donors (Lipinski definition) is 0. The Labute approximate surface area is 115 Å². The second-order valence-corrected chi connectivity index (χ2v) is 4.95. The minimum absolute atomic E-state index is 0.00749. The highest BCUT2D eigenvalue weighted by molar-refractivity contribution is 6.21. The van der Waals surface area contributed by atoms with E-state index >= 15 is 0 Å². The molecule has 1 atom stereocenters. The van der Waals surface area contributed by atoms with Crippen molar-refractivity contribution < 1.29 is 9.47 Å². The molecule has 0 aliphatic rings. The molecule has 0 aliphatic heterocycles. The molecule has 0 amide bonds. The molecule has 0 saturated heterocycles. The van der Waals surface area contributed by atoms with Crippen LogP contribution in [-0.2, 0) is 0 Å². The topological polar surface area (TPSA) is 18.5 Å². The lowest BCUT2D eigenvalue weighted by Gasteiger charge is -2.15. The van der Waals surface area contributed by atoms with Gasteiger partial charge in [0.2, 0.25) is 0 Å². The molecule has 0 heterocycles. The minimum atomic E-state index is -0.00749. The first kappa shape index (κ1) is 15.2. The predicted molar refractivity (Wildman–Crippen MR) is 76.9 cm³/mol. The summed E-state index contributed by atoms with van der Waals surface area (Å²) in [6.07, 6.45) is 5.90. The van der Waals surface area contributed by atoms with Gasteiger partial charge in [0, 0.05) is 5.56 Å². The van der Waals surface area contributed by atoms with Gasteiger partial charge >= 0.3 is 0 Å². The summed E-state index contributed by atoms with van der Waals surface area (Å²) in [6, 6.07) is 5.77. The van der Waals surface area contributed by atoms with Gasteiger partial charge in [-0.3, -0.25) is 0 Å². The van der Waals surface area contributed by atoms with E-state index in [1.165, 1.54) is 19.3 Å². The minimum Gasteiger partial charge on any atom is -0.497 e. The first-order valence-corrected chi connectivity index (χ1v) is 7.02. The van der Waals surface area contributed by atoms with Crippen molar-refractivity contribution in [2.75, 3.05) is 14.2 Å². The third kappa shape index (κ3) is 4.41. The Morgan fingerprint density at radius 1 is 1.11 bits per heavy atom. The van der Waals surface area contributed by atoms with Crippen LogP contribution in [0.2, 0.25) is 0 Å². The molecular weight excluding hydrogens is 248 g/mol. The van der Waals surface area contributed by atoms with E-state index in [9.17, 15) is 0 Å². The number of ether oxygens (including phenoxy) is 2. The van der Waals surface area contributed by atoms with Crippen LogP contribution in [0.25, 0.3) is 0 Å². The van der Waals surface area contributed by atoms with Crippen molar-refractivity contribution in [1.82, 2.24) is 0 Å². The third-order valence-electron chi connectivity index (χ3n) is 3.09. The van der Waals surface area contributed by atoms with Gasteiger partial charge in [0.25, 0.3) is 0 Å². The van der Waals surface area contributed by atoms with Gasteiger partial charge in [-0.15, -0.1) is 11.6 Å². The number of rotatable bonds is 8. The van der Waals surface area contributed by atoms with Crippen LogP contribution in [0.4, 0.5) is 0 Å². The van der Waals surface area contributed by atoms with Gasteiger partial charge in [-0.05, 0) is 24.6 Å². The smallest absolute Gasteiger partial charge is 0.123 e. The van der Waals surface area contributed by atoms with E-state index < -0.39 is 0 Å². The molecule has 0 saturated carbocycles. The molecule has 2 nitrogen and oxygen atoms in total. The summed E-state index contributed by atoms with van der Waals surface area (Å²) >= 11 is 6.46. The van der Waals surface area contributed by atoms with Crippen molar-refractivity contribution in [3.8, 4) is 11.5 Å². The van der Waals surface area contributed by atoms with E-state index in [2.05, 4.69) is 6.92 Å². The SMILES string of the molecule is CCCCCCC(Cl)c1cc(OC)ccc1OC. The molecule has 1 aromatic carbocycles. The van der Waals surface area contributed by atoms with Gasteiger partial charge in [0.05, 0.1) is 19.6 Å². The molecule has 0 bridgehead atoms. The first-order valence-electron chi connectivity index (χ1n) is 6.59. The predicted octanol–water partition coefficient (Wildman–Crippen LogP) is 4.95. The van der Waals surface area contributed by atoms with E-state index in [0.29, 0.717) is 0 Å². The standard InChI is InChI=1S/C15H23ClO2/c1-4-5-6-7-8-14(16)13-11-12(17-2)9-10-15(13)18-3/h9-11,14H,4-8H2,1-3H3. The highest BCUT2D eigenvalue weighted by Crippen LogP contribution is 2.35. The van der Waals surface area contributed by atoms with Gasteiger partial charge in [-0.25, -0.2) is 0 Å². The second kappa shape index (κ2) is 8.25. The van der Waals surface area contributed by atoms with Crippen molar-refractivity contribution in [2.45, 2.75) is 44.4 Å². The van der Waals surface area contributed by atoms with Gasteiger partial charge in [-0.2, -0.15) is 0 Å². The van der Waals surface area contributed by atoms with Crippen molar-refractivity contribution in [2.24, 2.45) is 0 Å². The molecule has 18 heavy (non-hydrogen) atoms. The molecule has 1 aromatic rings. The van der Waals surface area contributed by atoms with Crippen LogP contribution in [-0.4, -0.2) is 14.2 Å². The van der Waals surface area contributed by atoms with Crippen LogP contribution < -0.4 is 9.47 Å². The van der Waals surface area contributed by atoms with Gasteiger partial charge in [0.1, 0.15) is 11.5 Å².